The van der Waals surface area contributed by atoms with Gasteiger partial charge in [0.2, 0.25) is 0 Å². The van der Waals surface area contributed by atoms with E-state index < -0.39 is 5.97 Å². The molecule has 97 valence electrons. The van der Waals surface area contributed by atoms with Gasteiger partial charge in [0, 0.05) is 6.07 Å². The summed E-state index contributed by atoms with van der Waals surface area (Å²) in [4.78, 5) is 12.1. The van der Waals surface area contributed by atoms with Crippen LogP contribution in [-0.2, 0) is 0 Å². The predicted molar refractivity (Wildman–Crippen MR) is 74.4 cm³/mol. The van der Waals surface area contributed by atoms with Crippen molar-refractivity contribution in [1.29, 1.82) is 0 Å². The standard InChI is InChI=1S/C17H11O3/c18-17(13-7-2-1-3-8-13)20-16-10-5-4-9-14(16)15-11-6-12-19-15/h1-9,11-12H. The second kappa shape index (κ2) is 5.45. The van der Waals surface area contributed by atoms with Crippen molar-refractivity contribution in [2.45, 2.75) is 0 Å². The molecule has 0 N–H and O–H groups in total. The average molecular weight is 263 g/mol. The van der Waals surface area contributed by atoms with E-state index in [9.17, 15) is 4.79 Å². The zero-order chi connectivity index (χ0) is 13.8. The fourth-order valence-electron chi connectivity index (χ4n) is 1.86. The molecule has 0 bridgehead atoms. The Hall–Kier alpha value is -2.81. The van der Waals surface area contributed by atoms with Gasteiger partial charge in [-0.2, -0.15) is 0 Å². The van der Waals surface area contributed by atoms with Crippen LogP contribution in [-0.4, -0.2) is 5.97 Å². The van der Waals surface area contributed by atoms with Crippen LogP contribution in [0.15, 0.2) is 71.3 Å². The van der Waals surface area contributed by atoms with Gasteiger partial charge in [-0.15, -0.1) is 0 Å². The molecular formula is C17H11O3. The van der Waals surface area contributed by atoms with Crippen molar-refractivity contribution in [3.8, 4) is 17.1 Å². The number of hydrogen-bond donors (Lipinski definition) is 0. The zero-order valence-electron chi connectivity index (χ0n) is 10.6. The SMILES string of the molecule is O=C(Oc1[c]cccc1-c1ccco1)c1ccccc1. The van der Waals surface area contributed by atoms with Crippen molar-refractivity contribution >= 4 is 5.97 Å². The van der Waals surface area contributed by atoms with Crippen LogP contribution in [0.5, 0.6) is 5.75 Å². The number of para-hydroxylation sites is 1. The highest BCUT2D eigenvalue weighted by Gasteiger charge is 2.13. The van der Waals surface area contributed by atoms with Gasteiger partial charge < -0.3 is 9.15 Å². The first-order valence-corrected chi connectivity index (χ1v) is 6.16. The molecule has 0 spiro atoms. The molecule has 1 aromatic heterocycles. The minimum Gasteiger partial charge on any atom is -0.464 e. The molecule has 0 fully saturated rings. The summed E-state index contributed by atoms with van der Waals surface area (Å²) in [5.74, 6) is 0.579. The highest BCUT2D eigenvalue weighted by Crippen LogP contribution is 2.30. The molecule has 0 unspecified atom stereocenters. The summed E-state index contributed by atoms with van der Waals surface area (Å²) < 4.78 is 10.7. The molecule has 2 aromatic carbocycles. The monoisotopic (exact) mass is 263 g/mol. The van der Waals surface area contributed by atoms with Crippen LogP contribution in [0.4, 0.5) is 0 Å². The van der Waals surface area contributed by atoms with E-state index in [4.69, 9.17) is 9.15 Å². The van der Waals surface area contributed by atoms with Crippen molar-refractivity contribution < 1.29 is 13.9 Å². The highest BCUT2D eigenvalue weighted by atomic mass is 16.5. The van der Waals surface area contributed by atoms with E-state index in [-0.39, 0.29) is 0 Å². The van der Waals surface area contributed by atoms with E-state index >= 15 is 0 Å². The van der Waals surface area contributed by atoms with E-state index in [1.54, 1.807) is 42.7 Å². The van der Waals surface area contributed by atoms with Gasteiger partial charge in [-0.25, -0.2) is 4.79 Å². The number of carbonyl (C=O) groups is 1. The molecule has 0 atom stereocenters. The molecule has 0 saturated heterocycles. The van der Waals surface area contributed by atoms with E-state index in [0.29, 0.717) is 22.6 Å². The largest absolute Gasteiger partial charge is 0.464 e. The number of hydrogen-bond acceptors (Lipinski definition) is 3. The third-order valence-corrected chi connectivity index (χ3v) is 2.81. The smallest absolute Gasteiger partial charge is 0.343 e. The summed E-state index contributed by atoms with van der Waals surface area (Å²) in [7, 11) is 0. The van der Waals surface area contributed by atoms with Gasteiger partial charge in [-0.1, -0.05) is 30.3 Å². The Kier molecular flexibility index (Phi) is 3.33. The lowest BCUT2D eigenvalue weighted by atomic mass is 10.1. The van der Waals surface area contributed by atoms with Crippen molar-refractivity contribution in [1.82, 2.24) is 0 Å². The molecule has 1 heterocycles. The summed E-state index contributed by atoms with van der Waals surface area (Å²) in [6, 6.07) is 20.7. The molecule has 0 aliphatic carbocycles. The van der Waals surface area contributed by atoms with E-state index in [0.717, 1.165) is 0 Å². The Labute approximate surface area is 116 Å². The fourth-order valence-corrected chi connectivity index (χ4v) is 1.86. The van der Waals surface area contributed by atoms with E-state index in [1.807, 2.05) is 24.3 Å². The molecule has 0 amide bonds. The van der Waals surface area contributed by atoms with Crippen molar-refractivity contribution in [3.63, 3.8) is 0 Å². The molecule has 3 nitrogen and oxygen atoms in total. The van der Waals surface area contributed by atoms with Crippen molar-refractivity contribution in [3.05, 3.63) is 78.6 Å². The first-order chi connectivity index (χ1) is 9.84. The summed E-state index contributed by atoms with van der Waals surface area (Å²) in [6.45, 7) is 0. The second-order valence-electron chi connectivity index (χ2n) is 4.15. The molecular weight excluding hydrogens is 252 g/mol. The van der Waals surface area contributed by atoms with Crippen LogP contribution < -0.4 is 4.74 Å². The minimum atomic E-state index is -0.416. The number of furan rings is 1. The van der Waals surface area contributed by atoms with Crippen LogP contribution in [0, 0.1) is 6.07 Å². The molecule has 20 heavy (non-hydrogen) atoms. The molecule has 0 aliphatic rings. The first-order valence-electron chi connectivity index (χ1n) is 6.16. The van der Waals surface area contributed by atoms with Crippen LogP contribution >= 0.6 is 0 Å². The van der Waals surface area contributed by atoms with Gasteiger partial charge in [0.15, 0.2) is 0 Å². The molecule has 1 radical (unpaired) electrons. The van der Waals surface area contributed by atoms with Crippen molar-refractivity contribution in [2.24, 2.45) is 0 Å². The van der Waals surface area contributed by atoms with Gasteiger partial charge in [0.05, 0.1) is 17.4 Å². The lowest BCUT2D eigenvalue weighted by Gasteiger charge is -2.07. The number of ether oxygens (including phenoxy) is 1. The average Bonchev–Trinajstić information content (AvgIpc) is 3.03. The third-order valence-electron chi connectivity index (χ3n) is 2.81. The number of carbonyl (C=O) groups excluding carboxylic acids is 1. The molecule has 3 aromatic rings. The Balaban J connectivity index is 1.90. The Morgan fingerprint density at radius 3 is 2.60 bits per heavy atom. The number of rotatable bonds is 3. The van der Waals surface area contributed by atoms with Crippen LogP contribution in [0.25, 0.3) is 11.3 Å². The maximum absolute atomic E-state index is 12.1. The summed E-state index contributed by atoms with van der Waals surface area (Å²) >= 11 is 0. The number of benzene rings is 2. The first kappa shape index (κ1) is 12.2. The fraction of sp³-hybridized carbons (Fsp3) is 0. The van der Waals surface area contributed by atoms with E-state index in [1.165, 1.54) is 0 Å². The summed E-state index contributed by atoms with van der Waals surface area (Å²) in [6.07, 6.45) is 1.57. The van der Waals surface area contributed by atoms with Crippen molar-refractivity contribution in [2.75, 3.05) is 0 Å². The highest BCUT2D eigenvalue weighted by molar-refractivity contribution is 5.91. The Morgan fingerprint density at radius 2 is 1.85 bits per heavy atom. The van der Waals surface area contributed by atoms with Crippen LogP contribution in [0.2, 0.25) is 0 Å². The second-order valence-corrected chi connectivity index (χ2v) is 4.15. The van der Waals surface area contributed by atoms with Gasteiger partial charge in [0.1, 0.15) is 11.5 Å². The third kappa shape index (κ3) is 2.47. The zero-order valence-corrected chi connectivity index (χ0v) is 10.6. The Bertz CT molecular complexity index is 700. The van der Waals surface area contributed by atoms with Crippen LogP contribution in [0.1, 0.15) is 10.4 Å². The molecule has 0 saturated carbocycles. The molecule has 0 aliphatic heterocycles. The summed E-state index contributed by atoms with van der Waals surface area (Å²) in [5, 5.41) is 0. The van der Waals surface area contributed by atoms with Gasteiger partial charge in [-0.05, 0) is 30.3 Å². The predicted octanol–water partition coefficient (Wildman–Crippen LogP) is 3.97. The van der Waals surface area contributed by atoms with Gasteiger partial charge in [0.25, 0.3) is 0 Å². The van der Waals surface area contributed by atoms with Gasteiger partial charge in [-0.3, -0.25) is 0 Å². The normalized spacial score (nSPS) is 10.2. The number of esters is 1. The maximum Gasteiger partial charge on any atom is 0.343 e. The van der Waals surface area contributed by atoms with Crippen LogP contribution in [0.3, 0.4) is 0 Å². The topological polar surface area (TPSA) is 39.4 Å². The lowest BCUT2D eigenvalue weighted by Crippen LogP contribution is -2.08. The van der Waals surface area contributed by atoms with E-state index in [2.05, 4.69) is 6.07 Å². The molecule has 3 heteroatoms. The Morgan fingerprint density at radius 1 is 1.00 bits per heavy atom. The minimum absolute atomic E-state index is 0.358. The molecule has 3 rings (SSSR count). The maximum atomic E-state index is 12.1. The lowest BCUT2D eigenvalue weighted by molar-refractivity contribution is 0.0735. The summed E-state index contributed by atoms with van der Waals surface area (Å²) in [5.41, 5.74) is 1.19. The van der Waals surface area contributed by atoms with Gasteiger partial charge >= 0.3 is 5.97 Å². The quantitative estimate of drug-likeness (QED) is 0.530.